The van der Waals surface area contributed by atoms with Gasteiger partial charge >= 0.3 is 0 Å². The molecule has 0 saturated heterocycles. The molecular formula is C11H12Cl2N2O. The van der Waals surface area contributed by atoms with E-state index in [2.05, 4.69) is 4.98 Å². The summed E-state index contributed by atoms with van der Waals surface area (Å²) in [7, 11) is 0. The minimum Gasteiger partial charge on any atom is -0.336 e. The molecule has 1 amide bonds. The quantitative estimate of drug-likeness (QED) is 0.782. The van der Waals surface area contributed by atoms with Crippen LogP contribution in [0.3, 0.4) is 0 Å². The van der Waals surface area contributed by atoms with Gasteiger partial charge in [0.05, 0.1) is 0 Å². The van der Waals surface area contributed by atoms with Crippen molar-refractivity contribution in [1.29, 1.82) is 0 Å². The van der Waals surface area contributed by atoms with Crippen molar-refractivity contribution in [3.63, 3.8) is 0 Å². The molecule has 1 aromatic rings. The summed E-state index contributed by atoms with van der Waals surface area (Å²) in [5.41, 5.74) is 0.513. The first kappa shape index (κ1) is 11.7. The molecule has 0 spiro atoms. The van der Waals surface area contributed by atoms with Crippen molar-refractivity contribution >= 4 is 29.1 Å². The van der Waals surface area contributed by atoms with Gasteiger partial charge in [-0.25, -0.2) is 4.98 Å². The van der Waals surface area contributed by atoms with Crippen LogP contribution in [0.15, 0.2) is 12.1 Å². The van der Waals surface area contributed by atoms with Gasteiger partial charge in [-0.1, -0.05) is 23.2 Å². The predicted molar refractivity (Wildman–Crippen MR) is 64.0 cm³/mol. The fourth-order valence-electron chi connectivity index (χ4n) is 1.71. The smallest absolute Gasteiger partial charge is 0.254 e. The Morgan fingerprint density at radius 3 is 2.44 bits per heavy atom. The largest absolute Gasteiger partial charge is 0.336 e. The molecule has 0 N–H and O–H groups in total. The molecule has 3 nitrogen and oxygen atoms in total. The second-order valence-electron chi connectivity index (χ2n) is 3.82. The molecule has 0 aliphatic heterocycles. The monoisotopic (exact) mass is 258 g/mol. The zero-order valence-electron chi connectivity index (χ0n) is 8.91. The molecule has 1 heterocycles. The van der Waals surface area contributed by atoms with E-state index in [4.69, 9.17) is 23.2 Å². The number of aromatic nitrogens is 1. The summed E-state index contributed by atoms with van der Waals surface area (Å²) in [6.45, 7) is 2.68. The van der Waals surface area contributed by atoms with E-state index in [0.717, 1.165) is 12.8 Å². The summed E-state index contributed by atoms with van der Waals surface area (Å²) in [5, 5.41) is 0.505. The molecular weight excluding hydrogens is 247 g/mol. The SMILES string of the molecule is CCN(C(=O)c1cc(Cl)nc(Cl)c1)C1CC1. The number of pyridine rings is 1. The van der Waals surface area contributed by atoms with Crippen LogP contribution in [0.4, 0.5) is 0 Å². The van der Waals surface area contributed by atoms with E-state index < -0.39 is 0 Å². The van der Waals surface area contributed by atoms with Gasteiger partial charge in [0.1, 0.15) is 10.3 Å². The van der Waals surface area contributed by atoms with E-state index in [1.807, 2.05) is 11.8 Å². The van der Waals surface area contributed by atoms with Crippen LogP contribution in [0.25, 0.3) is 0 Å². The van der Waals surface area contributed by atoms with Crippen molar-refractivity contribution in [3.8, 4) is 0 Å². The number of hydrogen-bond acceptors (Lipinski definition) is 2. The molecule has 0 aromatic carbocycles. The fraction of sp³-hybridized carbons (Fsp3) is 0.455. The van der Waals surface area contributed by atoms with E-state index in [1.54, 1.807) is 12.1 Å². The van der Waals surface area contributed by atoms with Gasteiger partial charge in [-0.2, -0.15) is 0 Å². The van der Waals surface area contributed by atoms with Gasteiger partial charge in [0, 0.05) is 18.2 Å². The number of rotatable bonds is 3. The van der Waals surface area contributed by atoms with E-state index in [9.17, 15) is 4.79 Å². The maximum absolute atomic E-state index is 12.1. The lowest BCUT2D eigenvalue weighted by Gasteiger charge is -2.20. The number of carbonyl (C=O) groups excluding carboxylic acids is 1. The zero-order valence-corrected chi connectivity index (χ0v) is 10.4. The molecule has 0 unspecified atom stereocenters. The summed E-state index contributed by atoms with van der Waals surface area (Å²) < 4.78 is 0. The lowest BCUT2D eigenvalue weighted by molar-refractivity contribution is 0.0752. The highest BCUT2D eigenvalue weighted by atomic mass is 35.5. The van der Waals surface area contributed by atoms with Crippen LogP contribution < -0.4 is 0 Å². The number of nitrogens with zero attached hydrogens (tertiary/aromatic N) is 2. The lowest BCUT2D eigenvalue weighted by atomic mass is 10.2. The lowest BCUT2D eigenvalue weighted by Crippen LogP contribution is -2.32. The van der Waals surface area contributed by atoms with Crippen LogP contribution in [0.1, 0.15) is 30.1 Å². The Balaban J connectivity index is 2.24. The van der Waals surface area contributed by atoms with Crippen molar-refractivity contribution in [1.82, 2.24) is 9.88 Å². The highest BCUT2D eigenvalue weighted by molar-refractivity contribution is 6.33. The molecule has 5 heteroatoms. The molecule has 0 radical (unpaired) electrons. The summed E-state index contributed by atoms with van der Waals surface area (Å²) in [6.07, 6.45) is 2.18. The Hall–Kier alpha value is -0.800. The third kappa shape index (κ3) is 2.47. The molecule has 86 valence electrons. The molecule has 1 aliphatic carbocycles. The first-order valence-electron chi connectivity index (χ1n) is 5.26. The van der Waals surface area contributed by atoms with Crippen molar-refractivity contribution in [3.05, 3.63) is 28.0 Å². The van der Waals surface area contributed by atoms with Crippen LogP contribution in [-0.2, 0) is 0 Å². The van der Waals surface area contributed by atoms with Gasteiger partial charge in [-0.05, 0) is 31.9 Å². The summed E-state index contributed by atoms with van der Waals surface area (Å²) in [4.78, 5) is 17.8. The van der Waals surface area contributed by atoms with Crippen LogP contribution in [0, 0.1) is 0 Å². The third-order valence-electron chi connectivity index (χ3n) is 2.60. The topological polar surface area (TPSA) is 33.2 Å². The summed E-state index contributed by atoms with van der Waals surface area (Å²) in [6, 6.07) is 3.50. The van der Waals surface area contributed by atoms with Gasteiger partial charge in [0.15, 0.2) is 0 Å². The van der Waals surface area contributed by atoms with E-state index in [0.29, 0.717) is 18.2 Å². The molecule has 2 rings (SSSR count). The second kappa shape index (κ2) is 4.60. The normalized spacial score (nSPS) is 14.9. The van der Waals surface area contributed by atoms with Crippen LogP contribution >= 0.6 is 23.2 Å². The second-order valence-corrected chi connectivity index (χ2v) is 4.60. The first-order valence-corrected chi connectivity index (χ1v) is 6.01. The molecule has 16 heavy (non-hydrogen) atoms. The number of halogens is 2. The molecule has 1 fully saturated rings. The Bertz CT molecular complexity index is 398. The number of hydrogen-bond donors (Lipinski definition) is 0. The Morgan fingerprint density at radius 1 is 1.44 bits per heavy atom. The molecule has 1 aliphatic rings. The van der Waals surface area contributed by atoms with E-state index in [-0.39, 0.29) is 16.2 Å². The maximum Gasteiger partial charge on any atom is 0.254 e. The molecule has 1 aromatic heterocycles. The maximum atomic E-state index is 12.1. The Labute approximate surface area is 104 Å². The van der Waals surface area contributed by atoms with Crippen molar-refractivity contribution in [2.45, 2.75) is 25.8 Å². The van der Waals surface area contributed by atoms with Crippen LogP contribution in [0.2, 0.25) is 10.3 Å². The van der Waals surface area contributed by atoms with Crippen molar-refractivity contribution in [2.75, 3.05) is 6.54 Å². The average Bonchev–Trinajstić information content (AvgIpc) is 3.01. The average molecular weight is 259 g/mol. The highest BCUT2D eigenvalue weighted by Gasteiger charge is 2.32. The summed E-state index contributed by atoms with van der Waals surface area (Å²) >= 11 is 11.5. The molecule has 1 saturated carbocycles. The number of carbonyl (C=O) groups is 1. The van der Waals surface area contributed by atoms with Gasteiger partial charge < -0.3 is 4.90 Å². The van der Waals surface area contributed by atoms with Crippen molar-refractivity contribution < 1.29 is 4.79 Å². The highest BCUT2D eigenvalue weighted by Crippen LogP contribution is 2.28. The van der Waals surface area contributed by atoms with E-state index >= 15 is 0 Å². The third-order valence-corrected chi connectivity index (χ3v) is 2.99. The molecule has 0 atom stereocenters. The zero-order chi connectivity index (χ0) is 11.7. The predicted octanol–water partition coefficient (Wildman–Crippen LogP) is 3.01. The standard InChI is InChI=1S/C11H12Cl2N2O/c1-2-15(8-3-4-8)11(16)7-5-9(12)14-10(13)6-7/h5-6,8H,2-4H2,1H3. The Morgan fingerprint density at radius 2 is 2.00 bits per heavy atom. The van der Waals surface area contributed by atoms with Crippen molar-refractivity contribution in [2.24, 2.45) is 0 Å². The molecule has 0 bridgehead atoms. The van der Waals surface area contributed by atoms with E-state index in [1.165, 1.54) is 0 Å². The van der Waals surface area contributed by atoms with Crippen LogP contribution in [-0.4, -0.2) is 28.4 Å². The first-order chi connectivity index (χ1) is 7.61. The van der Waals surface area contributed by atoms with Gasteiger partial charge in [0.2, 0.25) is 0 Å². The fourth-order valence-corrected chi connectivity index (χ4v) is 2.17. The Kier molecular flexibility index (Phi) is 3.36. The van der Waals surface area contributed by atoms with Crippen LogP contribution in [0.5, 0.6) is 0 Å². The number of amides is 1. The minimum absolute atomic E-state index is 0.0174. The summed E-state index contributed by atoms with van der Waals surface area (Å²) in [5.74, 6) is -0.0174. The van der Waals surface area contributed by atoms with Gasteiger partial charge in [0.25, 0.3) is 5.91 Å². The van der Waals surface area contributed by atoms with Gasteiger partial charge in [-0.3, -0.25) is 4.79 Å². The minimum atomic E-state index is -0.0174. The van der Waals surface area contributed by atoms with Gasteiger partial charge in [-0.15, -0.1) is 0 Å².